The zero-order valence-electron chi connectivity index (χ0n) is 14.5. The molecule has 3 rings (SSSR count). The first-order chi connectivity index (χ1) is 12.3. The van der Waals surface area contributed by atoms with Crippen LogP contribution in [0.25, 0.3) is 0 Å². The summed E-state index contributed by atoms with van der Waals surface area (Å²) in [5.41, 5.74) is 0.736. The van der Waals surface area contributed by atoms with Gasteiger partial charge >= 0.3 is 6.18 Å². The summed E-state index contributed by atoms with van der Waals surface area (Å²) < 4.78 is 44.2. The van der Waals surface area contributed by atoms with Crippen LogP contribution in [0.1, 0.15) is 41.8 Å². The zero-order chi connectivity index (χ0) is 18.9. The number of amides is 1. The van der Waals surface area contributed by atoms with Gasteiger partial charge in [-0.2, -0.15) is 13.2 Å². The molecule has 7 heteroatoms. The van der Waals surface area contributed by atoms with Crippen LogP contribution in [0.15, 0.2) is 36.5 Å². The Kier molecular flexibility index (Phi) is 4.89. The number of anilines is 1. The van der Waals surface area contributed by atoms with Gasteiger partial charge in [-0.1, -0.05) is 0 Å². The van der Waals surface area contributed by atoms with Crippen molar-refractivity contribution in [1.29, 1.82) is 0 Å². The highest BCUT2D eigenvalue weighted by Crippen LogP contribution is 2.35. The number of benzene rings is 1. The lowest BCUT2D eigenvalue weighted by molar-refractivity contribution is -0.137. The summed E-state index contributed by atoms with van der Waals surface area (Å²) in [5.74, 6) is 0.139. The van der Waals surface area contributed by atoms with E-state index in [1.165, 1.54) is 17.2 Å². The number of pyridine rings is 1. The third-order valence-electron chi connectivity index (χ3n) is 4.11. The maximum Gasteiger partial charge on any atom is 0.416 e. The molecule has 0 radical (unpaired) electrons. The molecule has 0 saturated carbocycles. The molecule has 2 aromatic rings. The van der Waals surface area contributed by atoms with E-state index in [9.17, 15) is 18.0 Å². The maximum absolute atomic E-state index is 12.9. The van der Waals surface area contributed by atoms with Crippen molar-refractivity contribution in [2.24, 2.45) is 0 Å². The SMILES string of the molecule is CC(C)Oc1ccc(C(=O)N2CCCc3cc(C(F)(F)F)ccc32)cn1. The van der Waals surface area contributed by atoms with Crippen molar-refractivity contribution in [2.45, 2.75) is 39.0 Å². The molecule has 0 N–H and O–H groups in total. The van der Waals surface area contributed by atoms with Crippen molar-refractivity contribution in [3.05, 3.63) is 53.2 Å². The van der Waals surface area contributed by atoms with Crippen LogP contribution in [0.4, 0.5) is 18.9 Å². The van der Waals surface area contributed by atoms with Gasteiger partial charge in [-0.3, -0.25) is 4.79 Å². The van der Waals surface area contributed by atoms with E-state index < -0.39 is 11.7 Å². The summed E-state index contributed by atoms with van der Waals surface area (Å²) in [7, 11) is 0. The lowest BCUT2D eigenvalue weighted by atomic mass is 9.98. The monoisotopic (exact) mass is 364 g/mol. The maximum atomic E-state index is 12.9. The smallest absolute Gasteiger partial charge is 0.416 e. The Morgan fingerprint density at radius 1 is 1.23 bits per heavy atom. The minimum absolute atomic E-state index is 0.0270. The highest BCUT2D eigenvalue weighted by molar-refractivity contribution is 6.06. The topological polar surface area (TPSA) is 42.4 Å². The minimum Gasteiger partial charge on any atom is -0.475 e. The number of aromatic nitrogens is 1. The molecule has 138 valence electrons. The summed E-state index contributed by atoms with van der Waals surface area (Å²) >= 11 is 0. The van der Waals surface area contributed by atoms with Gasteiger partial charge < -0.3 is 9.64 Å². The molecule has 0 unspecified atom stereocenters. The van der Waals surface area contributed by atoms with Crippen LogP contribution in [0, 0.1) is 0 Å². The van der Waals surface area contributed by atoms with E-state index in [4.69, 9.17) is 4.74 Å². The summed E-state index contributed by atoms with van der Waals surface area (Å²) in [4.78, 5) is 18.4. The van der Waals surface area contributed by atoms with Crippen LogP contribution >= 0.6 is 0 Å². The molecule has 0 spiro atoms. The average molecular weight is 364 g/mol. The molecule has 1 aromatic carbocycles. The number of hydrogen-bond acceptors (Lipinski definition) is 3. The number of hydrogen-bond donors (Lipinski definition) is 0. The largest absolute Gasteiger partial charge is 0.475 e. The van der Waals surface area contributed by atoms with Crippen molar-refractivity contribution in [1.82, 2.24) is 4.98 Å². The number of carbonyl (C=O) groups excluding carboxylic acids is 1. The Labute approximate surface area is 149 Å². The number of nitrogens with zero attached hydrogens (tertiary/aromatic N) is 2. The number of halogens is 3. The number of rotatable bonds is 3. The van der Waals surface area contributed by atoms with Gasteiger partial charge in [0.2, 0.25) is 5.88 Å². The number of aryl methyl sites for hydroxylation is 1. The molecule has 0 saturated heterocycles. The van der Waals surface area contributed by atoms with E-state index >= 15 is 0 Å². The summed E-state index contributed by atoms with van der Waals surface area (Å²) in [6, 6.07) is 6.75. The molecule has 0 fully saturated rings. The standard InChI is InChI=1S/C19H19F3N2O2/c1-12(2)26-17-8-5-14(11-23-17)18(25)24-9-3-4-13-10-15(19(20,21)22)6-7-16(13)24/h5-8,10-12H,3-4,9H2,1-2H3. The molecular formula is C19H19F3N2O2. The van der Waals surface area contributed by atoms with Crippen molar-refractivity contribution in [3.63, 3.8) is 0 Å². The van der Waals surface area contributed by atoms with Crippen LogP contribution in [0.5, 0.6) is 5.88 Å². The Bertz CT molecular complexity index is 801. The lowest BCUT2D eigenvalue weighted by Crippen LogP contribution is -2.35. The van der Waals surface area contributed by atoms with E-state index in [-0.39, 0.29) is 12.0 Å². The molecule has 2 heterocycles. The second kappa shape index (κ2) is 6.97. The molecule has 0 aliphatic carbocycles. The van der Waals surface area contributed by atoms with Crippen molar-refractivity contribution in [2.75, 3.05) is 11.4 Å². The molecule has 4 nitrogen and oxygen atoms in total. The normalized spacial score (nSPS) is 14.3. The number of ether oxygens (including phenoxy) is 1. The molecule has 1 aliphatic heterocycles. The Hall–Kier alpha value is -2.57. The van der Waals surface area contributed by atoms with Gasteiger partial charge in [-0.15, -0.1) is 0 Å². The van der Waals surface area contributed by atoms with Crippen LogP contribution in [-0.2, 0) is 12.6 Å². The second-order valence-corrected chi connectivity index (χ2v) is 6.45. The second-order valence-electron chi connectivity index (χ2n) is 6.45. The van der Waals surface area contributed by atoms with Crippen LogP contribution in [0.2, 0.25) is 0 Å². The first-order valence-electron chi connectivity index (χ1n) is 8.40. The highest BCUT2D eigenvalue weighted by Gasteiger charge is 2.32. The van der Waals surface area contributed by atoms with Crippen LogP contribution < -0.4 is 9.64 Å². The molecule has 1 aliphatic rings. The fourth-order valence-electron chi connectivity index (χ4n) is 2.96. The van der Waals surface area contributed by atoms with Gasteiger partial charge in [-0.25, -0.2) is 4.98 Å². The van der Waals surface area contributed by atoms with Gasteiger partial charge in [0.05, 0.1) is 17.2 Å². The van der Waals surface area contributed by atoms with Gasteiger partial charge in [0.1, 0.15) is 0 Å². The van der Waals surface area contributed by atoms with Gasteiger partial charge in [0.15, 0.2) is 0 Å². The van der Waals surface area contributed by atoms with E-state index in [1.54, 1.807) is 12.1 Å². The zero-order valence-corrected chi connectivity index (χ0v) is 14.5. The summed E-state index contributed by atoms with van der Waals surface area (Å²) in [5, 5.41) is 0. The predicted octanol–water partition coefficient (Wildman–Crippen LogP) is 4.48. The van der Waals surface area contributed by atoms with Gasteiger partial charge in [0, 0.05) is 24.5 Å². The predicted molar refractivity (Wildman–Crippen MR) is 91.4 cm³/mol. The molecule has 26 heavy (non-hydrogen) atoms. The Balaban J connectivity index is 1.86. The van der Waals surface area contributed by atoms with E-state index in [0.29, 0.717) is 42.1 Å². The van der Waals surface area contributed by atoms with Crippen molar-refractivity contribution < 1.29 is 22.7 Å². The van der Waals surface area contributed by atoms with Gasteiger partial charge in [-0.05, 0) is 56.5 Å². The third kappa shape index (κ3) is 3.81. The Morgan fingerprint density at radius 2 is 2.00 bits per heavy atom. The van der Waals surface area contributed by atoms with E-state index in [2.05, 4.69) is 4.98 Å². The molecule has 1 aromatic heterocycles. The van der Waals surface area contributed by atoms with E-state index in [1.807, 2.05) is 13.8 Å². The first kappa shape index (κ1) is 18.2. The van der Waals surface area contributed by atoms with Crippen molar-refractivity contribution >= 4 is 11.6 Å². The van der Waals surface area contributed by atoms with Crippen LogP contribution in [0.3, 0.4) is 0 Å². The fourth-order valence-corrected chi connectivity index (χ4v) is 2.96. The molecular weight excluding hydrogens is 345 g/mol. The quantitative estimate of drug-likeness (QED) is 0.806. The molecule has 1 amide bonds. The van der Waals surface area contributed by atoms with Crippen molar-refractivity contribution in [3.8, 4) is 5.88 Å². The van der Waals surface area contributed by atoms with E-state index in [0.717, 1.165) is 12.1 Å². The third-order valence-corrected chi connectivity index (χ3v) is 4.11. The van der Waals surface area contributed by atoms with Crippen LogP contribution in [-0.4, -0.2) is 23.5 Å². The number of alkyl halides is 3. The minimum atomic E-state index is -4.39. The lowest BCUT2D eigenvalue weighted by Gasteiger charge is -2.30. The summed E-state index contributed by atoms with van der Waals surface area (Å²) in [6.07, 6.45) is -1.86. The average Bonchev–Trinajstić information content (AvgIpc) is 2.59. The molecule has 0 atom stereocenters. The van der Waals surface area contributed by atoms with Gasteiger partial charge in [0.25, 0.3) is 5.91 Å². The molecule has 0 bridgehead atoms. The Morgan fingerprint density at radius 3 is 2.62 bits per heavy atom. The fraction of sp³-hybridized carbons (Fsp3) is 0.368. The first-order valence-corrected chi connectivity index (χ1v) is 8.40. The highest BCUT2D eigenvalue weighted by atomic mass is 19.4. The summed E-state index contributed by atoms with van der Waals surface area (Å²) in [6.45, 7) is 4.21. The number of carbonyl (C=O) groups is 1. The number of fused-ring (bicyclic) bond motifs is 1.